The molecule has 2 nitrogen and oxygen atoms in total. The molecule has 1 atom stereocenters. The third-order valence-corrected chi connectivity index (χ3v) is 1.51. The lowest BCUT2D eigenvalue weighted by Crippen LogP contribution is -2.24. The maximum Gasteiger partial charge on any atom is 0.125 e. The van der Waals surface area contributed by atoms with E-state index in [2.05, 4.69) is 0 Å². The topological polar surface area (TPSA) is 20.3 Å². The van der Waals surface area contributed by atoms with Crippen LogP contribution in [0, 0.1) is 5.92 Å². The molecule has 0 N–H and O–H groups in total. The Bertz CT molecular complexity index is 131. The van der Waals surface area contributed by atoms with E-state index in [0.29, 0.717) is 0 Å². The van der Waals surface area contributed by atoms with Crippen LogP contribution in [-0.2, 0) is 4.79 Å². The molecular weight excluding hydrogens is 114 g/mol. The highest BCUT2D eigenvalue weighted by atomic mass is 16.1. The number of aldehydes is 1. The Kier molecular flexibility index (Phi) is 1.88. The van der Waals surface area contributed by atoms with Crippen molar-refractivity contribution in [3.05, 3.63) is 12.3 Å². The van der Waals surface area contributed by atoms with Crippen molar-refractivity contribution in [3.63, 3.8) is 0 Å². The Morgan fingerprint density at radius 2 is 2.56 bits per heavy atom. The van der Waals surface area contributed by atoms with Crippen LogP contribution in [0.2, 0.25) is 0 Å². The number of hydrogen-bond acceptors (Lipinski definition) is 2. The summed E-state index contributed by atoms with van der Waals surface area (Å²) in [5, 5.41) is 0. The predicted octanol–water partition coefficient (Wildman–Crippen LogP) is 0.651. The summed E-state index contributed by atoms with van der Waals surface area (Å²) in [6.07, 6.45) is 5.98. The third-order valence-electron chi connectivity index (χ3n) is 1.51. The van der Waals surface area contributed by atoms with Crippen molar-refractivity contribution in [2.24, 2.45) is 5.92 Å². The van der Waals surface area contributed by atoms with E-state index in [4.69, 9.17) is 0 Å². The lowest BCUT2D eigenvalue weighted by molar-refractivity contribution is -0.111. The van der Waals surface area contributed by atoms with Crippen LogP contribution in [0.15, 0.2) is 12.3 Å². The van der Waals surface area contributed by atoms with Gasteiger partial charge in [-0.2, -0.15) is 0 Å². The van der Waals surface area contributed by atoms with Crippen LogP contribution in [0.1, 0.15) is 6.42 Å². The van der Waals surface area contributed by atoms with Crippen LogP contribution in [0.4, 0.5) is 0 Å². The largest absolute Gasteiger partial charge is 0.380 e. The monoisotopic (exact) mass is 125 g/mol. The minimum Gasteiger partial charge on any atom is -0.380 e. The fourth-order valence-electron chi connectivity index (χ4n) is 1.02. The SMILES string of the molecule is CN1C=CC[C@@H](C=O)C1. The number of hydrogen-bond donors (Lipinski definition) is 0. The second kappa shape index (κ2) is 2.67. The fourth-order valence-corrected chi connectivity index (χ4v) is 1.02. The van der Waals surface area contributed by atoms with E-state index in [1.165, 1.54) is 0 Å². The van der Waals surface area contributed by atoms with Gasteiger partial charge in [0, 0.05) is 19.5 Å². The molecule has 0 amide bonds. The second-order valence-electron chi connectivity index (χ2n) is 2.46. The lowest BCUT2D eigenvalue weighted by Gasteiger charge is -2.21. The van der Waals surface area contributed by atoms with Crippen molar-refractivity contribution in [3.8, 4) is 0 Å². The predicted molar refractivity (Wildman–Crippen MR) is 35.9 cm³/mol. The minimum absolute atomic E-state index is 0.222. The first kappa shape index (κ1) is 6.33. The average Bonchev–Trinajstić information content (AvgIpc) is 1.88. The van der Waals surface area contributed by atoms with Crippen LogP contribution >= 0.6 is 0 Å². The van der Waals surface area contributed by atoms with Crippen LogP contribution in [0.25, 0.3) is 0 Å². The molecule has 0 saturated carbocycles. The van der Waals surface area contributed by atoms with Gasteiger partial charge in [0.2, 0.25) is 0 Å². The molecule has 9 heavy (non-hydrogen) atoms. The summed E-state index contributed by atoms with van der Waals surface area (Å²) in [7, 11) is 1.98. The molecule has 1 heterocycles. The van der Waals surface area contributed by atoms with Crippen molar-refractivity contribution in [1.82, 2.24) is 4.90 Å². The number of rotatable bonds is 1. The summed E-state index contributed by atoms with van der Waals surface area (Å²) in [4.78, 5) is 12.3. The molecule has 1 aliphatic rings. The van der Waals surface area contributed by atoms with E-state index >= 15 is 0 Å². The normalized spacial score (nSPS) is 26.3. The van der Waals surface area contributed by atoms with Gasteiger partial charge in [-0.25, -0.2) is 0 Å². The van der Waals surface area contributed by atoms with Crippen molar-refractivity contribution in [2.75, 3.05) is 13.6 Å². The molecule has 0 aromatic rings. The first-order valence-corrected chi connectivity index (χ1v) is 3.15. The molecule has 0 unspecified atom stereocenters. The fraction of sp³-hybridized carbons (Fsp3) is 0.571. The Morgan fingerprint density at radius 1 is 1.78 bits per heavy atom. The van der Waals surface area contributed by atoms with E-state index in [-0.39, 0.29) is 5.92 Å². The first-order valence-electron chi connectivity index (χ1n) is 3.15. The van der Waals surface area contributed by atoms with Gasteiger partial charge in [-0.05, 0) is 12.6 Å². The van der Waals surface area contributed by atoms with Crippen molar-refractivity contribution >= 4 is 6.29 Å². The smallest absolute Gasteiger partial charge is 0.125 e. The number of carbonyl (C=O) groups excluding carboxylic acids is 1. The molecule has 0 radical (unpaired) electrons. The zero-order valence-electron chi connectivity index (χ0n) is 5.58. The second-order valence-corrected chi connectivity index (χ2v) is 2.46. The van der Waals surface area contributed by atoms with Crippen molar-refractivity contribution in [2.45, 2.75) is 6.42 Å². The highest BCUT2D eigenvalue weighted by molar-refractivity contribution is 5.54. The average molecular weight is 125 g/mol. The van der Waals surface area contributed by atoms with E-state index in [1.807, 2.05) is 24.2 Å². The van der Waals surface area contributed by atoms with E-state index in [0.717, 1.165) is 19.3 Å². The summed E-state index contributed by atoms with van der Waals surface area (Å²) < 4.78 is 0. The molecule has 1 rings (SSSR count). The Labute approximate surface area is 55.2 Å². The zero-order valence-corrected chi connectivity index (χ0v) is 5.58. The highest BCUT2D eigenvalue weighted by Gasteiger charge is 2.09. The maximum absolute atomic E-state index is 10.2. The van der Waals surface area contributed by atoms with Gasteiger partial charge >= 0.3 is 0 Å². The maximum atomic E-state index is 10.2. The zero-order chi connectivity index (χ0) is 6.69. The van der Waals surface area contributed by atoms with Crippen molar-refractivity contribution in [1.29, 1.82) is 0 Å². The van der Waals surface area contributed by atoms with E-state index in [1.54, 1.807) is 0 Å². The number of nitrogens with zero attached hydrogens (tertiary/aromatic N) is 1. The Balaban J connectivity index is 2.46. The molecule has 0 spiro atoms. The molecule has 0 aromatic carbocycles. The summed E-state index contributed by atoms with van der Waals surface area (Å²) in [5.41, 5.74) is 0. The lowest BCUT2D eigenvalue weighted by atomic mass is 10.1. The van der Waals surface area contributed by atoms with Crippen LogP contribution in [0.3, 0.4) is 0 Å². The number of allylic oxidation sites excluding steroid dienone is 1. The third kappa shape index (κ3) is 1.56. The molecule has 0 aliphatic carbocycles. The van der Waals surface area contributed by atoms with Gasteiger partial charge in [0.25, 0.3) is 0 Å². The molecule has 1 aliphatic heterocycles. The van der Waals surface area contributed by atoms with Crippen LogP contribution < -0.4 is 0 Å². The summed E-state index contributed by atoms with van der Waals surface area (Å²) in [6, 6.07) is 0. The molecule has 0 aromatic heterocycles. The van der Waals surface area contributed by atoms with Crippen LogP contribution in [0.5, 0.6) is 0 Å². The summed E-state index contributed by atoms with van der Waals surface area (Å²) in [5.74, 6) is 0.222. The molecular formula is C7H11NO. The summed E-state index contributed by atoms with van der Waals surface area (Å²) >= 11 is 0. The molecule has 0 bridgehead atoms. The minimum atomic E-state index is 0.222. The van der Waals surface area contributed by atoms with Gasteiger partial charge in [-0.1, -0.05) is 6.08 Å². The van der Waals surface area contributed by atoms with Gasteiger partial charge in [0.15, 0.2) is 0 Å². The van der Waals surface area contributed by atoms with E-state index < -0.39 is 0 Å². The standard InChI is InChI=1S/C7H11NO/c1-8-4-2-3-7(5-8)6-9/h2,4,6-7H,3,5H2,1H3/t7-/m1/s1. The van der Waals surface area contributed by atoms with E-state index in [9.17, 15) is 4.79 Å². The molecule has 0 saturated heterocycles. The van der Waals surface area contributed by atoms with Crippen molar-refractivity contribution < 1.29 is 4.79 Å². The first-order chi connectivity index (χ1) is 4.33. The highest BCUT2D eigenvalue weighted by Crippen LogP contribution is 2.08. The van der Waals surface area contributed by atoms with Gasteiger partial charge in [0.05, 0.1) is 0 Å². The summed E-state index contributed by atoms with van der Waals surface area (Å²) in [6.45, 7) is 0.875. The molecule has 0 fully saturated rings. The number of carbonyl (C=O) groups is 1. The van der Waals surface area contributed by atoms with Gasteiger partial charge in [-0.15, -0.1) is 0 Å². The quantitative estimate of drug-likeness (QED) is 0.479. The van der Waals surface area contributed by atoms with Crippen LogP contribution in [-0.4, -0.2) is 24.8 Å². The van der Waals surface area contributed by atoms with Gasteiger partial charge < -0.3 is 9.69 Å². The molecule has 50 valence electrons. The Hall–Kier alpha value is -0.790. The van der Waals surface area contributed by atoms with Gasteiger partial charge in [0.1, 0.15) is 6.29 Å². The molecule has 2 heteroatoms. The Morgan fingerprint density at radius 3 is 3.00 bits per heavy atom. The van der Waals surface area contributed by atoms with Gasteiger partial charge in [-0.3, -0.25) is 0 Å².